The molecular formula is C14H19NO7. The lowest BCUT2D eigenvalue weighted by Gasteiger charge is -2.19. The molecule has 122 valence electrons. The van der Waals surface area contributed by atoms with E-state index >= 15 is 0 Å². The van der Waals surface area contributed by atoms with Gasteiger partial charge in [0.15, 0.2) is 11.5 Å². The lowest BCUT2D eigenvalue weighted by molar-refractivity contribution is -0.758. The number of hydrogen-bond acceptors (Lipinski definition) is 7. The molecule has 0 aliphatic heterocycles. The average molecular weight is 313 g/mol. The minimum Gasteiger partial charge on any atom is -0.492 e. The second-order valence-electron chi connectivity index (χ2n) is 4.69. The molecule has 0 spiro atoms. The number of hydrogen-bond donors (Lipinski definition) is 0. The molecule has 1 aliphatic carbocycles. The first-order valence-electron chi connectivity index (χ1n) is 6.79. The van der Waals surface area contributed by atoms with Crippen molar-refractivity contribution in [3.8, 4) is 0 Å². The Bertz CT molecular complexity index is 533. The van der Waals surface area contributed by atoms with Gasteiger partial charge in [0.2, 0.25) is 5.78 Å². The zero-order chi connectivity index (χ0) is 16.7. The van der Waals surface area contributed by atoms with Crippen LogP contribution in [-0.4, -0.2) is 43.6 Å². The van der Waals surface area contributed by atoms with Crippen LogP contribution in [0.2, 0.25) is 0 Å². The van der Waals surface area contributed by atoms with Crippen LogP contribution < -0.4 is 0 Å². The summed E-state index contributed by atoms with van der Waals surface area (Å²) in [6.07, 6.45) is 0.896. The van der Waals surface area contributed by atoms with Crippen LogP contribution in [0.3, 0.4) is 0 Å². The Labute approximate surface area is 127 Å². The van der Waals surface area contributed by atoms with Gasteiger partial charge >= 0.3 is 0 Å². The molecule has 0 amide bonds. The Kier molecular flexibility index (Phi) is 6.71. The largest absolute Gasteiger partial charge is 0.492 e. The van der Waals surface area contributed by atoms with Crippen molar-refractivity contribution >= 4 is 11.6 Å². The number of ether oxygens (including phenoxy) is 2. The van der Waals surface area contributed by atoms with E-state index in [2.05, 4.69) is 4.84 Å². The molecule has 8 nitrogen and oxygen atoms in total. The van der Waals surface area contributed by atoms with E-state index in [4.69, 9.17) is 9.47 Å². The summed E-state index contributed by atoms with van der Waals surface area (Å²) < 4.78 is 10.2. The lowest BCUT2D eigenvalue weighted by atomic mass is 9.87. The zero-order valence-electron chi connectivity index (χ0n) is 12.8. The van der Waals surface area contributed by atoms with Crippen molar-refractivity contribution in [2.45, 2.75) is 26.7 Å². The van der Waals surface area contributed by atoms with E-state index in [1.807, 2.05) is 0 Å². The molecule has 8 heteroatoms. The number of nitrogens with zero attached hydrogens (tertiary/aromatic N) is 1. The average Bonchev–Trinajstić information content (AvgIpc) is 2.47. The predicted octanol–water partition coefficient (Wildman–Crippen LogP) is 1.38. The Morgan fingerprint density at radius 3 is 2.32 bits per heavy atom. The van der Waals surface area contributed by atoms with E-state index in [0.717, 1.165) is 0 Å². The topological polar surface area (TPSA) is 105 Å². The maximum atomic E-state index is 12.2. The second-order valence-corrected chi connectivity index (χ2v) is 4.69. The summed E-state index contributed by atoms with van der Waals surface area (Å²) in [6.45, 7) is 3.45. The Balaban J connectivity index is 2.47. The van der Waals surface area contributed by atoms with Crippen LogP contribution in [0.15, 0.2) is 22.5 Å². The highest BCUT2D eigenvalue weighted by molar-refractivity contribution is 6.23. The maximum Gasteiger partial charge on any atom is 0.294 e. The molecule has 0 radical (unpaired) electrons. The van der Waals surface area contributed by atoms with Crippen LogP contribution in [0.4, 0.5) is 0 Å². The van der Waals surface area contributed by atoms with Crippen molar-refractivity contribution in [2.75, 3.05) is 26.9 Å². The summed E-state index contributed by atoms with van der Waals surface area (Å²) in [5, 5.41) is 9.04. The molecule has 22 heavy (non-hydrogen) atoms. The first-order chi connectivity index (χ1) is 10.4. The highest BCUT2D eigenvalue weighted by atomic mass is 17.0. The van der Waals surface area contributed by atoms with Crippen LogP contribution in [-0.2, 0) is 23.9 Å². The van der Waals surface area contributed by atoms with Crippen molar-refractivity contribution < 1.29 is 29.0 Å². The molecule has 0 bridgehead atoms. The summed E-state index contributed by atoms with van der Waals surface area (Å²) in [5.74, 6) is -0.369. The Morgan fingerprint density at radius 1 is 1.05 bits per heavy atom. The fourth-order valence-electron chi connectivity index (χ4n) is 2.17. The molecule has 1 aliphatic rings. The van der Waals surface area contributed by atoms with Gasteiger partial charge in [0.1, 0.15) is 6.61 Å². The predicted molar refractivity (Wildman–Crippen MR) is 75.4 cm³/mol. The van der Waals surface area contributed by atoms with Gasteiger partial charge in [0.25, 0.3) is 5.09 Å². The molecule has 0 aromatic carbocycles. The quantitative estimate of drug-likeness (QED) is 0.274. The van der Waals surface area contributed by atoms with Gasteiger partial charge < -0.3 is 14.3 Å². The number of allylic oxidation sites excluding steroid dienone is 3. The van der Waals surface area contributed by atoms with E-state index in [1.54, 1.807) is 13.8 Å². The first-order valence-corrected chi connectivity index (χ1v) is 6.79. The van der Waals surface area contributed by atoms with Crippen LogP contribution in [0.25, 0.3) is 0 Å². The molecule has 0 aromatic rings. The molecule has 1 rings (SSSR count). The van der Waals surface area contributed by atoms with Crippen molar-refractivity contribution in [3.05, 3.63) is 32.6 Å². The highest BCUT2D eigenvalue weighted by Gasteiger charge is 2.30. The molecule has 0 saturated carbocycles. The molecular weight excluding hydrogens is 294 g/mol. The minimum atomic E-state index is -0.884. The Hall–Kier alpha value is -2.22. The van der Waals surface area contributed by atoms with Crippen molar-refractivity contribution in [2.24, 2.45) is 0 Å². The van der Waals surface area contributed by atoms with Crippen LogP contribution in [0.5, 0.6) is 0 Å². The van der Waals surface area contributed by atoms with Crippen LogP contribution in [0.1, 0.15) is 26.7 Å². The summed E-state index contributed by atoms with van der Waals surface area (Å²) in [6, 6.07) is 0. The van der Waals surface area contributed by atoms with E-state index in [9.17, 15) is 19.7 Å². The molecule has 0 saturated heterocycles. The van der Waals surface area contributed by atoms with E-state index in [0.29, 0.717) is 36.2 Å². The van der Waals surface area contributed by atoms with Gasteiger partial charge in [-0.2, -0.15) is 0 Å². The highest BCUT2D eigenvalue weighted by Crippen LogP contribution is 2.27. The lowest BCUT2D eigenvalue weighted by Crippen LogP contribution is -2.23. The summed E-state index contributed by atoms with van der Waals surface area (Å²) in [4.78, 5) is 38.3. The van der Waals surface area contributed by atoms with Crippen molar-refractivity contribution in [3.63, 3.8) is 0 Å². The fourth-order valence-corrected chi connectivity index (χ4v) is 2.17. The number of carbonyl (C=O) groups is 2. The number of methoxy groups -OCH3 is 1. The number of Topliss-reactive ketones (excluding diaryl/α,β-unsaturated/α-hetero) is 2. The SMILES string of the molecule is COC1=C(C)C(=O)C(C)=C(CCCOCCO[N+](=O)[O-])C1=O. The van der Waals surface area contributed by atoms with Crippen LogP contribution in [0, 0.1) is 10.1 Å². The smallest absolute Gasteiger partial charge is 0.294 e. The summed E-state index contributed by atoms with van der Waals surface area (Å²) in [7, 11) is 1.36. The molecule has 0 aromatic heterocycles. The van der Waals surface area contributed by atoms with Crippen molar-refractivity contribution in [1.29, 1.82) is 0 Å². The third-order valence-corrected chi connectivity index (χ3v) is 3.30. The zero-order valence-corrected chi connectivity index (χ0v) is 12.8. The Morgan fingerprint density at radius 2 is 1.73 bits per heavy atom. The molecule has 0 N–H and O–H groups in total. The van der Waals surface area contributed by atoms with E-state index in [1.165, 1.54) is 7.11 Å². The van der Waals surface area contributed by atoms with Gasteiger partial charge in [-0.1, -0.05) is 0 Å². The molecule has 0 unspecified atom stereocenters. The molecule has 0 fully saturated rings. The molecule has 0 atom stereocenters. The van der Waals surface area contributed by atoms with E-state index in [-0.39, 0.29) is 30.5 Å². The number of ketones is 2. The van der Waals surface area contributed by atoms with E-state index < -0.39 is 5.09 Å². The van der Waals surface area contributed by atoms with Crippen molar-refractivity contribution in [1.82, 2.24) is 0 Å². The third kappa shape index (κ3) is 4.39. The standard InChI is InChI=1S/C14H19NO7/c1-9-11(5-4-6-21-7-8-22-15(18)19)13(17)14(20-3)10(2)12(9)16/h4-8H2,1-3H3. The minimum absolute atomic E-state index is 0.0888. The summed E-state index contributed by atoms with van der Waals surface area (Å²) in [5.41, 5.74) is 1.18. The summed E-state index contributed by atoms with van der Waals surface area (Å²) >= 11 is 0. The van der Waals surface area contributed by atoms with Gasteiger partial charge in [0.05, 0.1) is 13.7 Å². The number of carbonyl (C=O) groups excluding carboxylic acids is 2. The second kappa shape index (κ2) is 8.28. The maximum absolute atomic E-state index is 12.2. The number of rotatable bonds is 9. The van der Waals surface area contributed by atoms with Gasteiger partial charge in [-0.25, -0.2) is 0 Å². The third-order valence-electron chi connectivity index (χ3n) is 3.30. The van der Waals surface area contributed by atoms with Gasteiger partial charge in [-0.3, -0.25) is 9.59 Å². The normalized spacial score (nSPS) is 15.4. The molecule has 0 heterocycles. The first kappa shape index (κ1) is 17.8. The monoisotopic (exact) mass is 313 g/mol. The van der Waals surface area contributed by atoms with Crippen LogP contribution >= 0.6 is 0 Å². The van der Waals surface area contributed by atoms with Gasteiger partial charge in [0, 0.05) is 23.3 Å². The van der Waals surface area contributed by atoms with Gasteiger partial charge in [-0.15, -0.1) is 10.1 Å². The fraction of sp³-hybridized carbons (Fsp3) is 0.571. The van der Waals surface area contributed by atoms with Gasteiger partial charge in [-0.05, 0) is 26.7 Å².